The predicted molar refractivity (Wildman–Crippen MR) is 139 cm³/mol. The molecule has 0 unspecified atom stereocenters. The summed E-state index contributed by atoms with van der Waals surface area (Å²) in [7, 11) is 0. The standard InChI is InChI=1S/C29H48N2O6/c1-16(4-9-25(35)31-22(27(36)37)7-8-24(30)34)19-5-6-20-26-21(11-13-29(19,20)3)28(2)12-10-18(32)14-17(28)15-23(26)33/h16-23,26,32-33H,4-15H2,1-3H3,(H2,30,34)(H,31,35)(H,36,37)/t16-,17+,18-,19-,20+,21+,22+,23+,26+,28+,29-/m1/s1. The first-order valence-corrected chi connectivity index (χ1v) is 14.5. The Morgan fingerprint density at radius 2 is 1.62 bits per heavy atom. The zero-order valence-electron chi connectivity index (χ0n) is 22.8. The summed E-state index contributed by atoms with van der Waals surface area (Å²) in [6.07, 6.45) is 8.41. The molecule has 4 aliphatic carbocycles. The molecule has 210 valence electrons. The van der Waals surface area contributed by atoms with E-state index in [0.717, 1.165) is 51.4 Å². The van der Waals surface area contributed by atoms with Crippen molar-refractivity contribution < 1.29 is 29.7 Å². The van der Waals surface area contributed by atoms with Gasteiger partial charge >= 0.3 is 5.97 Å². The number of rotatable bonds is 9. The van der Waals surface area contributed by atoms with E-state index in [2.05, 4.69) is 26.1 Å². The van der Waals surface area contributed by atoms with Crippen LogP contribution in [-0.2, 0) is 14.4 Å². The molecular formula is C29H48N2O6. The van der Waals surface area contributed by atoms with E-state index >= 15 is 0 Å². The molecule has 2 amide bonds. The van der Waals surface area contributed by atoms with Crippen molar-refractivity contribution in [2.75, 3.05) is 0 Å². The van der Waals surface area contributed by atoms with Gasteiger partial charge in [0.2, 0.25) is 11.8 Å². The molecule has 4 aliphatic rings. The molecule has 0 aliphatic heterocycles. The summed E-state index contributed by atoms with van der Waals surface area (Å²) >= 11 is 0. The highest BCUT2D eigenvalue weighted by Crippen LogP contribution is 2.68. The van der Waals surface area contributed by atoms with Crippen LogP contribution < -0.4 is 11.1 Å². The lowest BCUT2D eigenvalue weighted by molar-refractivity contribution is -0.174. The number of carboxylic acid groups (broad SMARTS) is 1. The number of aliphatic carboxylic acids is 1. The zero-order valence-corrected chi connectivity index (χ0v) is 22.8. The van der Waals surface area contributed by atoms with Gasteiger partial charge in [0.15, 0.2) is 0 Å². The van der Waals surface area contributed by atoms with E-state index in [1.54, 1.807) is 0 Å². The largest absolute Gasteiger partial charge is 0.480 e. The molecule has 11 atom stereocenters. The summed E-state index contributed by atoms with van der Waals surface area (Å²) in [5.41, 5.74) is 5.48. The number of hydrogen-bond donors (Lipinski definition) is 5. The molecule has 6 N–H and O–H groups in total. The Morgan fingerprint density at radius 1 is 0.946 bits per heavy atom. The lowest BCUT2D eigenvalue weighted by Crippen LogP contribution is -2.58. The topological polar surface area (TPSA) is 150 Å². The van der Waals surface area contributed by atoms with Crippen LogP contribution in [0.3, 0.4) is 0 Å². The number of hydrogen-bond acceptors (Lipinski definition) is 5. The number of fused-ring (bicyclic) bond motifs is 5. The average molecular weight is 521 g/mol. The Kier molecular flexibility index (Phi) is 8.30. The molecule has 0 spiro atoms. The second-order valence-corrected chi connectivity index (χ2v) is 13.4. The minimum atomic E-state index is -1.15. The van der Waals surface area contributed by atoms with Gasteiger partial charge in [-0.2, -0.15) is 0 Å². The fourth-order valence-corrected chi connectivity index (χ4v) is 9.55. The number of aliphatic hydroxyl groups excluding tert-OH is 2. The molecule has 0 heterocycles. The van der Waals surface area contributed by atoms with Crippen molar-refractivity contribution in [2.45, 2.75) is 116 Å². The highest BCUT2D eigenvalue weighted by atomic mass is 16.4. The molecule has 0 radical (unpaired) electrons. The Balaban J connectivity index is 1.38. The van der Waals surface area contributed by atoms with Gasteiger partial charge < -0.3 is 26.4 Å². The van der Waals surface area contributed by atoms with Gasteiger partial charge in [-0.25, -0.2) is 4.79 Å². The maximum Gasteiger partial charge on any atom is 0.326 e. The molecule has 4 saturated carbocycles. The number of amides is 2. The number of primary amides is 1. The molecule has 0 aromatic carbocycles. The van der Waals surface area contributed by atoms with Crippen LogP contribution in [0, 0.1) is 46.3 Å². The Hall–Kier alpha value is -1.67. The van der Waals surface area contributed by atoms with Gasteiger partial charge in [0.05, 0.1) is 12.2 Å². The average Bonchev–Trinajstić information content (AvgIpc) is 3.18. The van der Waals surface area contributed by atoms with E-state index in [9.17, 15) is 29.7 Å². The summed E-state index contributed by atoms with van der Waals surface area (Å²) in [5.74, 6) is 0.482. The fraction of sp³-hybridized carbons (Fsp3) is 0.897. The van der Waals surface area contributed by atoms with Crippen LogP contribution in [0.4, 0.5) is 0 Å². The highest BCUT2D eigenvalue weighted by molar-refractivity contribution is 5.84. The maximum absolute atomic E-state index is 12.6. The first kappa shape index (κ1) is 28.3. The van der Waals surface area contributed by atoms with Crippen molar-refractivity contribution in [2.24, 2.45) is 52.1 Å². The van der Waals surface area contributed by atoms with E-state index < -0.39 is 17.9 Å². The summed E-state index contributed by atoms with van der Waals surface area (Å²) in [5, 5.41) is 33.6. The quantitative estimate of drug-likeness (QED) is 0.315. The Morgan fingerprint density at radius 3 is 2.30 bits per heavy atom. The van der Waals surface area contributed by atoms with E-state index in [1.807, 2.05) is 0 Å². The SMILES string of the molecule is C[C@H](CCC(=O)N[C@@H](CCC(N)=O)C(=O)O)[C@H]1CC[C@H]2[C@@H]3[C@@H](O)C[C@@H]4C[C@H](O)CC[C@]4(C)[C@H]3CC[C@]12C. The lowest BCUT2D eigenvalue weighted by atomic mass is 9.43. The van der Waals surface area contributed by atoms with Crippen LogP contribution in [0.25, 0.3) is 0 Å². The first-order chi connectivity index (χ1) is 17.4. The van der Waals surface area contributed by atoms with Crippen molar-refractivity contribution in [3.63, 3.8) is 0 Å². The van der Waals surface area contributed by atoms with Crippen molar-refractivity contribution in [3.8, 4) is 0 Å². The molecule has 0 bridgehead atoms. The Labute approximate surface area is 221 Å². The molecule has 8 heteroatoms. The number of nitrogens with two attached hydrogens (primary N) is 1. The number of carboxylic acids is 1. The molecule has 0 saturated heterocycles. The van der Waals surface area contributed by atoms with Gasteiger partial charge in [0.1, 0.15) is 6.04 Å². The molecule has 37 heavy (non-hydrogen) atoms. The highest BCUT2D eigenvalue weighted by Gasteiger charge is 2.62. The van der Waals surface area contributed by atoms with Crippen LogP contribution in [0.5, 0.6) is 0 Å². The van der Waals surface area contributed by atoms with Crippen LogP contribution in [0.1, 0.15) is 97.8 Å². The lowest BCUT2D eigenvalue weighted by Gasteiger charge is -2.62. The molecule has 8 nitrogen and oxygen atoms in total. The maximum atomic E-state index is 12.6. The monoisotopic (exact) mass is 520 g/mol. The third kappa shape index (κ3) is 5.42. The fourth-order valence-electron chi connectivity index (χ4n) is 9.55. The number of carbonyl (C=O) groups is 3. The van der Waals surface area contributed by atoms with Gasteiger partial charge in [-0.15, -0.1) is 0 Å². The van der Waals surface area contributed by atoms with Gasteiger partial charge in [0.25, 0.3) is 0 Å². The van der Waals surface area contributed by atoms with Crippen molar-refractivity contribution in [3.05, 3.63) is 0 Å². The van der Waals surface area contributed by atoms with Crippen LogP contribution in [0.2, 0.25) is 0 Å². The van der Waals surface area contributed by atoms with E-state index in [4.69, 9.17) is 5.73 Å². The van der Waals surface area contributed by atoms with E-state index in [-0.39, 0.29) is 48.2 Å². The molecular weight excluding hydrogens is 472 g/mol. The molecule has 4 fully saturated rings. The van der Waals surface area contributed by atoms with Gasteiger partial charge in [0, 0.05) is 12.8 Å². The third-order valence-electron chi connectivity index (χ3n) is 11.6. The van der Waals surface area contributed by atoms with Gasteiger partial charge in [-0.3, -0.25) is 9.59 Å². The van der Waals surface area contributed by atoms with Crippen molar-refractivity contribution in [1.29, 1.82) is 0 Å². The summed E-state index contributed by atoms with van der Waals surface area (Å²) in [6.45, 7) is 7.06. The van der Waals surface area contributed by atoms with Gasteiger partial charge in [-0.1, -0.05) is 20.8 Å². The number of carbonyl (C=O) groups excluding carboxylic acids is 2. The molecule has 0 aromatic rings. The Bertz CT molecular complexity index is 880. The van der Waals surface area contributed by atoms with Crippen LogP contribution >= 0.6 is 0 Å². The molecule has 0 aromatic heterocycles. The van der Waals surface area contributed by atoms with Crippen molar-refractivity contribution in [1.82, 2.24) is 5.32 Å². The van der Waals surface area contributed by atoms with Gasteiger partial charge in [-0.05, 0) is 111 Å². The second-order valence-electron chi connectivity index (χ2n) is 13.4. The minimum absolute atomic E-state index is 0.00203. The van der Waals surface area contributed by atoms with Crippen molar-refractivity contribution >= 4 is 17.8 Å². The minimum Gasteiger partial charge on any atom is -0.480 e. The first-order valence-electron chi connectivity index (χ1n) is 14.5. The van der Waals surface area contributed by atoms with Crippen LogP contribution in [-0.4, -0.2) is 51.4 Å². The second kappa shape index (κ2) is 10.8. The summed E-state index contributed by atoms with van der Waals surface area (Å²) in [6, 6.07) is -1.10. The molecule has 4 rings (SSSR count). The van der Waals surface area contributed by atoms with E-state index in [1.165, 1.54) is 0 Å². The zero-order chi connectivity index (χ0) is 27.1. The summed E-state index contributed by atoms with van der Waals surface area (Å²) in [4.78, 5) is 35.0. The smallest absolute Gasteiger partial charge is 0.326 e. The number of nitrogens with one attached hydrogen (secondary N) is 1. The number of aliphatic hydroxyl groups is 2. The predicted octanol–water partition coefficient (Wildman–Crippen LogP) is 3.23. The summed E-state index contributed by atoms with van der Waals surface area (Å²) < 4.78 is 0. The van der Waals surface area contributed by atoms with Crippen LogP contribution in [0.15, 0.2) is 0 Å². The third-order valence-corrected chi connectivity index (χ3v) is 11.6. The van der Waals surface area contributed by atoms with E-state index in [0.29, 0.717) is 41.9 Å². The normalized spacial score (nSPS) is 42.6.